The van der Waals surface area contributed by atoms with Gasteiger partial charge in [-0.05, 0) is 54.5 Å². The lowest BCUT2D eigenvalue weighted by Gasteiger charge is -2.14. The highest BCUT2D eigenvalue weighted by atomic mass is 16.5. The van der Waals surface area contributed by atoms with Crippen LogP contribution in [0, 0.1) is 0 Å². The lowest BCUT2D eigenvalue weighted by molar-refractivity contribution is 0.409. The van der Waals surface area contributed by atoms with E-state index in [4.69, 9.17) is 4.74 Å². The van der Waals surface area contributed by atoms with Crippen molar-refractivity contribution in [2.45, 2.75) is 25.2 Å². The smallest absolute Gasteiger partial charge is 0.122 e. The Morgan fingerprint density at radius 3 is 3.13 bits per heavy atom. The minimum atomic E-state index is 0.729. The molecule has 0 aromatic heterocycles. The normalized spacial score (nSPS) is 23.4. The van der Waals surface area contributed by atoms with Crippen LogP contribution in [0.15, 0.2) is 12.1 Å². The van der Waals surface area contributed by atoms with Crippen molar-refractivity contribution in [3.05, 3.63) is 28.8 Å². The molecule has 1 N–H and O–H groups in total. The number of hydrogen-bond acceptors (Lipinski definition) is 2. The third-order valence-corrected chi connectivity index (χ3v) is 3.74. The summed E-state index contributed by atoms with van der Waals surface area (Å²) in [4.78, 5) is 0. The molecule has 0 spiro atoms. The third-order valence-electron chi connectivity index (χ3n) is 3.74. The summed E-state index contributed by atoms with van der Waals surface area (Å²) in [6.45, 7) is 2.23. The first-order valence-electron chi connectivity index (χ1n) is 5.79. The van der Waals surface area contributed by atoms with Gasteiger partial charge in [0.25, 0.3) is 0 Å². The molecule has 15 heavy (non-hydrogen) atoms. The summed E-state index contributed by atoms with van der Waals surface area (Å²) in [6, 6.07) is 4.39. The molecule has 1 aliphatic heterocycles. The molecule has 0 bridgehead atoms. The quantitative estimate of drug-likeness (QED) is 0.752. The zero-order chi connectivity index (χ0) is 10.3. The summed E-state index contributed by atoms with van der Waals surface area (Å²) < 4.78 is 5.47. The zero-order valence-electron chi connectivity index (χ0n) is 9.18. The lowest BCUT2D eigenvalue weighted by Crippen LogP contribution is -2.19. The topological polar surface area (TPSA) is 21.3 Å². The van der Waals surface area contributed by atoms with Crippen LogP contribution in [0.2, 0.25) is 0 Å². The van der Waals surface area contributed by atoms with Gasteiger partial charge >= 0.3 is 0 Å². The van der Waals surface area contributed by atoms with Crippen LogP contribution >= 0.6 is 0 Å². The Bertz CT molecular complexity index is 386. The van der Waals surface area contributed by atoms with E-state index >= 15 is 0 Å². The van der Waals surface area contributed by atoms with Crippen LogP contribution in [0.5, 0.6) is 5.75 Å². The number of aryl methyl sites for hydroxylation is 1. The summed E-state index contributed by atoms with van der Waals surface area (Å²) in [5.74, 6) is 1.82. The molecule has 0 saturated heterocycles. The molecular weight excluding hydrogens is 186 g/mol. The van der Waals surface area contributed by atoms with Crippen LogP contribution < -0.4 is 10.1 Å². The summed E-state index contributed by atoms with van der Waals surface area (Å²) in [5.41, 5.74) is 4.61. The van der Waals surface area contributed by atoms with E-state index in [-0.39, 0.29) is 0 Å². The van der Waals surface area contributed by atoms with Gasteiger partial charge in [-0.2, -0.15) is 0 Å². The molecule has 1 atom stereocenters. The molecular formula is C13H17NO. The third kappa shape index (κ3) is 1.36. The molecule has 1 unspecified atom stereocenters. The molecule has 1 heterocycles. The fourth-order valence-corrected chi connectivity index (χ4v) is 3.04. The molecule has 0 fully saturated rings. The van der Waals surface area contributed by atoms with Gasteiger partial charge in [-0.15, -0.1) is 0 Å². The maximum Gasteiger partial charge on any atom is 0.122 e. The van der Waals surface area contributed by atoms with Crippen molar-refractivity contribution in [1.29, 1.82) is 0 Å². The van der Waals surface area contributed by atoms with Crippen LogP contribution in [-0.2, 0) is 12.8 Å². The SMILES string of the molecule is COc1ccc2c3c1CCNCC3CC2. The fraction of sp³-hybridized carbons (Fsp3) is 0.538. The number of benzene rings is 1. The van der Waals surface area contributed by atoms with Crippen molar-refractivity contribution in [2.24, 2.45) is 0 Å². The Morgan fingerprint density at radius 2 is 2.27 bits per heavy atom. The second kappa shape index (κ2) is 3.53. The maximum atomic E-state index is 5.47. The predicted octanol–water partition coefficient (Wildman–Crippen LogP) is 1.87. The Labute approximate surface area is 90.6 Å². The highest BCUT2D eigenvalue weighted by Gasteiger charge is 2.28. The van der Waals surface area contributed by atoms with E-state index in [1.807, 2.05) is 0 Å². The number of methoxy groups -OCH3 is 1. The highest BCUT2D eigenvalue weighted by Crippen LogP contribution is 2.40. The van der Waals surface area contributed by atoms with Crippen molar-refractivity contribution < 1.29 is 4.74 Å². The molecule has 1 aromatic carbocycles. The van der Waals surface area contributed by atoms with E-state index in [1.165, 1.54) is 18.4 Å². The van der Waals surface area contributed by atoms with Gasteiger partial charge in [0.15, 0.2) is 0 Å². The Balaban J connectivity index is 2.17. The summed E-state index contributed by atoms with van der Waals surface area (Å²) in [5, 5.41) is 3.52. The molecule has 3 rings (SSSR count). The molecule has 2 aliphatic rings. The standard InChI is InChI=1S/C13H17NO/c1-15-12-5-4-9-2-3-10-8-14-7-6-11(12)13(9)10/h4-5,10,14H,2-3,6-8H2,1H3. The van der Waals surface area contributed by atoms with Crippen molar-refractivity contribution in [3.8, 4) is 5.75 Å². The van der Waals surface area contributed by atoms with Gasteiger partial charge in [-0.3, -0.25) is 0 Å². The highest BCUT2D eigenvalue weighted by molar-refractivity contribution is 5.50. The molecule has 80 valence electrons. The monoisotopic (exact) mass is 203 g/mol. The number of ether oxygens (including phenoxy) is 1. The molecule has 1 aliphatic carbocycles. The summed E-state index contributed by atoms with van der Waals surface area (Å²) >= 11 is 0. The number of rotatable bonds is 1. The first kappa shape index (κ1) is 9.22. The molecule has 1 aromatic rings. The largest absolute Gasteiger partial charge is 0.496 e. The second-order valence-electron chi connectivity index (χ2n) is 4.51. The molecule has 2 heteroatoms. The molecule has 0 amide bonds. The zero-order valence-corrected chi connectivity index (χ0v) is 9.18. The Kier molecular flexibility index (Phi) is 2.17. The van der Waals surface area contributed by atoms with Crippen molar-refractivity contribution in [3.63, 3.8) is 0 Å². The van der Waals surface area contributed by atoms with Crippen LogP contribution in [0.3, 0.4) is 0 Å². The number of nitrogens with one attached hydrogen (secondary N) is 1. The molecule has 0 saturated carbocycles. The van der Waals surface area contributed by atoms with Crippen LogP contribution in [-0.4, -0.2) is 20.2 Å². The van der Waals surface area contributed by atoms with Gasteiger partial charge < -0.3 is 10.1 Å². The predicted molar refractivity (Wildman–Crippen MR) is 60.6 cm³/mol. The van der Waals surface area contributed by atoms with E-state index in [0.29, 0.717) is 0 Å². The maximum absolute atomic E-state index is 5.47. The van der Waals surface area contributed by atoms with Crippen LogP contribution in [0.4, 0.5) is 0 Å². The van der Waals surface area contributed by atoms with Crippen LogP contribution in [0.1, 0.15) is 29.0 Å². The van der Waals surface area contributed by atoms with Gasteiger partial charge in [0.2, 0.25) is 0 Å². The van der Waals surface area contributed by atoms with Crippen molar-refractivity contribution in [2.75, 3.05) is 20.2 Å². The van der Waals surface area contributed by atoms with E-state index < -0.39 is 0 Å². The Morgan fingerprint density at radius 1 is 1.33 bits per heavy atom. The van der Waals surface area contributed by atoms with Gasteiger partial charge in [0, 0.05) is 6.54 Å². The number of hydrogen-bond donors (Lipinski definition) is 1. The second-order valence-corrected chi connectivity index (χ2v) is 4.51. The van der Waals surface area contributed by atoms with E-state index in [9.17, 15) is 0 Å². The summed E-state index contributed by atoms with van der Waals surface area (Å²) in [6.07, 6.45) is 3.67. The first-order chi connectivity index (χ1) is 7.40. The first-order valence-corrected chi connectivity index (χ1v) is 5.79. The van der Waals surface area contributed by atoms with E-state index in [0.717, 1.165) is 31.2 Å². The molecule has 2 nitrogen and oxygen atoms in total. The fourth-order valence-electron chi connectivity index (χ4n) is 3.04. The van der Waals surface area contributed by atoms with Crippen molar-refractivity contribution in [1.82, 2.24) is 5.32 Å². The van der Waals surface area contributed by atoms with E-state index in [1.54, 1.807) is 18.2 Å². The average Bonchev–Trinajstić information content (AvgIpc) is 2.55. The average molecular weight is 203 g/mol. The van der Waals surface area contributed by atoms with Crippen LogP contribution in [0.25, 0.3) is 0 Å². The van der Waals surface area contributed by atoms with Crippen molar-refractivity contribution >= 4 is 0 Å². The Hall–Kier alpha value is -1.02. The molecule has 0 radical (unpaired) electrons. The van der Waals surface area contributed by atoms with Gasteiger partial charge in [-0.25, -0.2) is 0 Å². The van der Waals surface area contributed by atoms with Gasteiger partial charge in [-0.1, -0.05) is 6.07 Å². The van der Waals surface area contributed by atoms with E-state index in [2.05, 4.69) is 17.4 Å². The van der Waals surface area contributed by atoms with Gasteiger partial charge in [0.05, 0.1) is 7.11 Å². The minimum Gasteiger partial charge on any atom is -0.496 e. The summed E-state index contributed by atoms with van der Waals surface area (Å²) in [7, 11) is 1.78. The van der Waals surface area contributed by atoms with Gasteiger partial charge in [0.1, 0.15) is 5.75 Å². The lowest BCUT2D eigenvalue weighted by atomic mass is 9.94. The minimum absolute atomic E-state index is 0.729.